The lowest BCUT2D eigenvalue weighted by Gasteiger charge is -2.16. The molecule has 1 unspecified atom stereocenters. The highest BCUT2D eigenvalue weighted by Crippen LogP contribution is 2.29. The molecule has 0 aliphatic carbocycles. The molecule has 0 radical (unpaired) electrons. The van der Waals surface area contributed by atoms with E-state index >= 15 is 0 Å². The lowest BCUT2D eigenvalue weighted by atomic mass is 10.1. The van der Waals surface area contributed by atoms with Crippen molar-refractivity contribution in [1.82, 2.24) is 0 Å². The summed E-state index contributed by atoms with van der Waals surface area (Å²) in [6.07, 6.45) is -4.55. The third-order valence-electron chi connectivity index (χ3n) is 3.71. The Morgan fingerprint density at radius 2 is 1.56 bits per heavy atom. The Labute approximate surface area is 155 Å². The van der Waals surface area contributed by atoms with Gasteiger partial charge in [-0.25, -0.2) is 4.79 Å². The first-order valence-corrected chi connectivity index (χ1v) is 8.55. The first-order valence-electron chi connectivity index (χ1n) is 8.55. The van der Waals surface area contributed by atoms with Gasteiger partial charge in [-0.2, -0.15) is 13.2 Å². The Hall–Kier alpha value is -2.70. The molecule has 0 aliphatic heterocycles. The van der Waals surface area contributed by atoms with Crippen LogP contribution in [0.1, 0.15) is 31.4 Å². The number of alkyl halides is 3. The van der Waals surface area contributed by atoms with Gasteiger partial charge in [-0.15, -0.1) is 0 Å². The maximum Gasteiger partial charge on any atom is 0.416 e. The van der Waals surface area contributed by atoms with Gasteiger partial charge in [0.1, 0.15) is 18.1 Å². The van der Waals surface area contributed by atoms with Gasteiger partial charge in [0.15, 0.2) is 6.10 Å². The molecule has 4 nitrogen and oxygen atoms in total. The number of esters is 1. The van der Waals surface area contributed by atoms with Gasteiger partial charge < -0.3 is 14.2 Å². The number of carbonyl (C=O) groups excluding carboxylic acids is 1. The minimum Gasteiger partial charge on any atom is -0.489 e. The van der Waals surface area contributed by atoms with Gasteiger partial charge in [-0.05, 0) is 55.3 Å². The van der Waals surface area contributed by atoms with Crippen molar-refractivity contribution in [3.63, 3.8) is 0 Å². The predicted octanol–water partition coefficient (Wildman–Crippen LogP) is 5.00. The summed E-state index contributed by atoms with van der Waals surface area (Å²) in [5.41, 5.74) is -0.0727. The van der Waals surface area contributed by atoms with E-state index in [2.05, 4.69) is 0 Å². The zero-order valence-electron chi connectivity index (χ0n) is 15.1. The monoisotopic (exact) mass is 382 g/mol. The molecule has 27 heavy (non-hydrogen) atoms. The van der Waals surface area contributed by atoms with E-state index in [9.17, 15) is 18.0 Å². The summed E-state index contributed by atoms with van der Waals surface area (Å²) in [5.74, 6) is 0.617. The second-order valence-corrected chi connectivity index (χ2v) is 5.72. The van der Waals surface area contributed by atoms with Crippen LogP contribution >= 0.6 is 0 Å². The van der Waals surface area contributed by atoms with Gasteiger partial charge in [0.05, 0.1) is 12.2 Å². The molecule has 0 saturated carbocycles. The molecule has 1 atom stereocenters. The van der Waals surface area contributed by atoms with Crippen molar-refractivity contribution < 1.29 is 32.2 Å². The van der Waals surface area contributed by atoms with E-state index < -0.39 is 23.8 Å². The van der Waals surface area contributed by atoms with E-state index in [1.165, 1.54) is 12.1 Å². The second-order valence-electron chi connectivity index (χ2n) is 5.72. The van der Waals surface area contributed by atoms with Gasteiger partial charge in [0.2, 0.25) is 0 Å². The Morgan fingerprint density at radius 3 is 2.07 bits per heavy atom. The Morgan fingerprint density at radius 1 is 0.963 bits per heavy atom. The molecule has 146 valence electrons. The molecule has 0 aromatic heterocycles. The van der Waals surface area contributed by atoms with Gasteiger partial charge >= 0.3 is 12.1 Å². The van der Waals surface area contributed by atoms with Crippen LogP contribution in [0.3, 0.4) is 0 Å². The highest BCUT2D eigenvalue weighted by Gasteiger charge is 2.29. The van der Waals surface area contributed by atoms with E-state index in [4.69, 9.17) is 14.2 Å². The van der Waals surface area contributed by atoms with Crippen molar-refractivity contribution >= 4 is 5.97 Å². The molecule has 0 aliphatic rings. The number of ether oxygens (including phenoxy) is 3. The van der Waals surface area contributed by atoms with Crippen LogP contribution < -0.4 is 9.47 Å². The van der Waals surface area contributed by atoms with Crippen LogP contribution in [-0.2, 0) is 22.3 Å². The number of carbonyl (C=O) groups is 1. The van der Waals surface area contributed by atoms with Crippen molar-refractivity contribution in [3.05, 3.63) is 59.7 Å². The van der Waals surface area contributed by atoms with Gasteiger partial charge in [-0.1, -0.05) is 19.1 Å². The number of halogens is 3. The summed E-state index contributed by atoms with van der Waals surface area (Å²) in [6, 6.07) is 11.4. The van der Waals surface area contributed by atoms with E-state index in [0.717, 1.165) is 12.1 Å². The fraction of sp³-hybridized carbons (Fsp3) is 0.350. The quantitative estimate of drug-likeness (QED) is 0.603. The van der Waals surface area contributed by atoms with E-state index in [-0.39, 0.29) is 13.2 Å². The molecule has 2 rings (SSSR count). The lowest BCUT2D eigenvalue weighted by Crippen LogP contribution is -2.28. The highest BCUT2D eigenvalue weighted by molar-refractivity contribution is 5.75. The summed E-state index contributed by atoms with van der Waals surface area (Å²) in [6.45, 7) is 3.98. The zero-order valence-corrected chi connectivity index (χ0v) is 15.1. The molecule has 2 aromatic rings. The van der Waals surface area contributed by atoms with Crippen LogP contribution in [-0.4, -0.2) is 18.7 Å². The third-order valence-corrected chi connectivity index (χ3v) is 3.71. The summed E-state index contributed by atoms with van der Waals surface area (Å²) in [7, 11) is 0. The molecule has 0 fully saturated rings. The molecule has 0 amide bonds. The number of hydrogen-bond donors (Lipinski definition) is 0. The number of rotatable bonds is 8. The fourth-order valence-electron chi connectivity index (χ4n) is 2.27. The average Bonchev–Trinajstić information content (AvgIpc) is 2.65. The molecule has 7 heteroatoms. The largest absolute Gasteiger partial charge is 0.489 e. The summed E-state index contributed by atoms with van der Waals surface area (Å²) < 4.78 is 53.7. The maximum absolute atomic E-state index is 12.5. The van der Waals surface area contributed by atoms with Crippen molar-refractivity contribution in [2.45, 2.75) is 39.2 Å². The minimum absolute atomic E-state index is 0.138. The normalized spacial score (nSPS) is 12.3. The van der Waals surface area contributed by atoms with Crippen LogP contribution in [0.15, 0.2) is 48.5 Å². The van der Waals surface area contributed by atoms with Crippen molar-refractivity contribution in [1.29, 1.82) is 0 Å². The molecule has 2 aromatic carbocycles. The van der Waals surface area contributed by atoms with Gasteiger partial charge in [0.25, 0.3) is 0 Å². The second kappa shape index (κ2) is 9.30. The first kappa shape index (κ1) is 20.6. The Bertz CT molecular complexity index is 724. The molecule has 0 spiro atoms. The van der Waals surface area contributed by atoms with E-state index in [1.807, 2.05) is 6.92 Å². The lowest BCUT2D eigenvalue weighted by molar-refractivity contribution is -0.151. The molecular formula is C20H21F3O4. The molecule has 0 bridgehead atoms. The number of benzene rings is 2. The molecule has 0 saturated heterocycles. The Kier molecular flexibility index (Phi) is 7.10. The zero-order chi connectivity index (χ0) is 19.9. The SMILES string of the molecule is CCOC(=O)C(CC)Oc1ccc(OCc2ccc(C(F)(F)F)cc2)cc1. The first-order chi connectivity index (χ1) is 12.8. The van der Waals surface area contributed by atoms with Crippen LogP contribution in [0.4, 0.5) is 13.2 Å². The fourth-order valence-corrected chi connectivity index (χ4v) is 2.27. The highest BCUT2D eigenvalue weighted by atomic mass is 19.4. The topological polar surface area (TPSA) is 44.8 Å². The smallest absolute Gasteiger partial charge is 0.416 e. The standard InChI is InChI=1S/C20H21F3O4/c1-3-18(19(24)25-4-2)27-17-11-9-16(10-12-17)26-13-14-5-7-15(8-6-14)20(21,22)23/h5-12,18H,3-4,13H2,1-2H3. The maximum atomic E-state index is 12.5. The Balaban J connectivity index is 1.91. The van der Waals surface area contributed by atoms with Gasteiger partial charge in [0, 0.05) is 0 Å². The predicted molar refractivity (Wildman–Crippen MR) is 93.6 cm³/mol. The molecule has 0 N–H and O–H groups in total. The third kappa shape index (κ3) is 6.20. The van der Waals surface area contributed by atoms with Crippen molar-refractivity contribution in [3.8, 4) is 11.5 Å². The van der Waals surface area contributed by atoms with Gasteiger partial charge in [-0.3, -0.25) is 0 Å². The van der Waals surface area contributed by atoms with Crippen LogP contribution in [0.25, 0.3) is 0 Å². The van der Waals surface area contributed by atoms with Crippen LogP contribution in [0.5, 0.6) is 11.5 Å². The number of hydrogen-bond acceptors (Lipinski definition) is 4. The minimum atomic E-state index is -4.35. The van der Waals surface area contributed by atoms with Crippen molar-refractivity contribution in [2.75, 3.05) is 6.61 Å². The van der Waals surface area contributed by atoms with E-state index in [0.29, 0.717) is 23.5 Å². The van der Waals surface area contributed by atoms with Crippen LogP contribution in [0.2, 0.25) is 0 Å². The van der Waals surface area contributed by atoms with Crippen LogP contribution in [0, 0.1) is 0 Å². The van der Waals surface area contributed by atoms with Crippen molar-refractivity contribution in [2.24, 2.45) is 0 Å². The summed E-state index contributed by atoms with van der Waals surface area (Å²) in [4.78, 5) is 11.7. The summed E-state index contributed by atoms with van der Waals surface area (Å²) in [5, 5.41) is 0. The molecule has 0 heterocycles. The average molecular weight is 382 g/mol. The van der Waals surface area contributed by atoms with E-state index in [1.54, 1.807) is 31.2 Å². The molecular weight excluding hydrogens is 361 g/mol. The summed E-state index contributed by atoms with van der Waals surface area (Å²) >= 11 is 0.